The quantitative estimate of drug-likeness (QED) is 0.555. The SMILES string of the molecule is CCCCOc1ccc(NC=O)cn1. The van der Waals surface area contributed by atoms with E-state index in [4.69, 9.17) is 4.74 Å². The highest BCUT2D eigenvalue weighted by Crippen LogP contribution is 2.10. The molecule has 0 atom stereocenters. The molecule has 0 aliphatic heterocycles. The van der Waals surface area contributed by atoms with Crippen LogP contribution in [0.4, 0.5) is 5.69 Å². The van der Waals surface area contributed by atoms with Crippen molar-refractivity contribution in [2.75, 3.05) is 11.9 Å². The molecule has 1 heterocycles. The number of unbranched alkanes of at least 4 members (excludes halogenated alkanes) is 1. The zero-order chi connectivity index (χ0) is 10.2. The van der Waals surface area contributed by atoms with E-state index in [1.165, 1.54) is 0 Å². The number of hydrogen-bond acceptors (Lipinski definition) is 3. The first-order valence-electron chi connectivity index (χ1n) is 4.66. The Morgan fingerprint density at radius 3 is 3.00 bits per heavy atom. The van der Waals surface area contributed by atoms with E-state index < -0.39 is 0 Å². The van der Waals surface area contributed by atoms with Crippen LogP contribution in [0.5, 0.6) is 5.88 Å². The lowest BCUT2D eigenvalue weighted by Crippen LogP contribution is -1.99. The van der Waals surface area contributed by atoms with Gasteiger partial charge in [0.15, 0.2) is 0 Å². The Labute approximate surface area is 83.3 Å². The number of rotatable bonds is 6. The number of nitrogens with zero attached hydrogens (tertiary/aromatic N) is 1. The monoisotopic (exact) mass is 194 g/mol. The van der Waals surface area contributed by atoms with Crippen LogP contribution >= 0.6 is 0 Å². The molecule has 1 N–H and O–H groups in total. The van der Waals surface area contributed by atoms with E-state index in [1.54, 1.807) is 18.3 Å². The van der Waals surface area contributed by atoms with Gasteiger partial charge in [-0.15, -0.1) is 0 Å². The molecule has 14 heavy (non-hydrogen) atoms. The molecule has 0 aliphatic carbocycles. The van der Waals surface area contributed by atoms with Gasteiger partial charge < -0.3 is 10.1 Å². The molecule has 4 nitrogen and oxygen atoms in total. The van der Waals surface area contributed by atoms with Crippen LogP contribution in [0.2, 0.25) is 0 Å². The van der Waals surface area contributed by atoms with Crippen molar-refractivity contribution < 1.29 is 9.53 Å². The summed E-state index contributed by atoms with van der Waals surface area (Å²) < 4.78 is 5.35. The van der Waals surface area contributed by atoms with Crippen molar-refractivity contribution in [2.45, 2.75) is 19.8 Å². The number of hydrogen-bond donors (Lipinski definition) is 1. The number of pyridine rings is 1. The summed E-state index contributed by atoms with van der Waals surface area (Å²) in [5.41, 5.74) is 0.669. The van der Waals surface area contributed by atoms with Gasteiger partial charge in [0.25, 0.3) is 0 Å². The third kappa shape index (κ3) is 3.43. The molecule has 0 spiro atoms. The highest BCUT2D eigenvalue weighted by molar-refractivity contribution is 5.70. The van der Waals surface area contributed by atoms with Gasteiger partial charge in [0.2, 0.25) is 12.3 Å². The van der Waals surface area contributed by atoms with E-state index in [1.807, 2.05) is 0 Å². The summed E-state index contributed by atoms with van der Waals surface area (Å²) in [4.78, 5) is 14.1. The predicted molar refractivity (Wildman–Crippen MR) is 54.3 cm³/mol. The average Bonchev–Trinajstić information content (AvgIpc) is 2.21. The number of amides is 1. The molecule has 0 unspecified atom stereocenters. The van der Waals surface area contributed by atoms with Crippen LogP contribution in [-0.2, 0) is 4.79 Å². The van der Waals surface area contributed by atoms with Crippen molar-refractivity contribution in [3.05, 3.63) is 18.3 Å². The average molecular weight is 194 g/mol. The van der Waals surface area contributed by atoms with Gasteiger partial charge >= 0.3 is 0 Å². The van der Waals surface area contributed by atoms with Crippen molar-refractivity contribution in [3.8, 4) is 5.88 Å². The maximum Gasteiger partial charge on any atom is 0.213 e. The first-order valence-corrected chi connectivity index (χ1v) is 4.66. The summed E-state index contributed by atoms with van der Waals surface area (Å²) in [7, 11) is 0. The molecule has 76 valence electrons. The maximum atomic E-state index is 10.1. The maximum absolute atomic E-state index is 10.1. The van der Waals surface area contributed by atoms with Crippen LogP contribution in [0.15, 0.2) is 18.3 Å². The summed E-state index contributed by atoms with van der Waals surface area (Å²) in [5.74, 6) is 0.592. The smallest absolute Gasteiger partial charge is 0.213 e. The first-order chi connectivity index (χ1) is 6.86. The van der Waals surface area contributed by atoms with Crippen molar-refractivity contribution in [1.29, 1.82) is 0 Å². The Balaban J connectivity index is 2.42. The largest absolute Gasteiger partial charge is 0.478 e. The minimum atomic E-state index is 0.592. The van der Waals surface area contributed by atoms with E-state index in [0.717, 1.165) is 12.8 Å². The molecule has 1 rings (SSSR count). The van der Waals surface area contributed by atoms with E-state index in [-0.39, 0.29) is 0 Å². The number of carbonyl (C=O) groups is 1. The molecule has 0 aromatic carbocycles. The fraction of sp³-hybridized carbons (Fsp3) is 0.400. The molecule has 0 radical (unpaired) electrons. The number of aromatic nitrogens is 1. The van der Waals surface area contributed by atoms with Crippen LogP contribution in [0.25, 0.3) is 0 Å². The minimum Gasteiger partial charge on any atom is -0.478 e. The highest BCUT2D eigenvalue weighted by atomic mass is 16.5. The summed E-state index contributed by atoms with van der Waals surface area (Å²) >= 11 is 0. The summed E-state index contributed by atoms with van der Waals surface area (Å²) in [6.45, 7) is 2.79. The molecule has 0 saturated heterocycles. The Bertz CT molecular complexity index is 272. The van der Waals surface area contributed by atoms with Gasteiger partial charge in [-0.2, -0.15) is 0 Å². The zero-order valence-electron chi connectivity index (χ0n) is 8.19. The minimum absolute atomic E-state index is 0.592. The lowest BCUT2D eigenvalue weighted by molar-refractivity contribution is -0.105. The third-order valence-corrected chi connectivity index (χ3v) is 1.71. The highest BCUT2D eigenvalue weighted by Gasteiger charge is 1.95. The topological polar surface area (TPSA) is 51.2 Å². The lowest BCUT2D eigenvalue weighted by atomic mass is 10.4. The number of nitrogens with one attached hydrogen (secondary N) is 1. The molecule has 0 bridgehead atoms. The van der Waals surface area contributed by atoms with Crippen LogP contribution in [0.3, 0.4) is 0 Å². The van der Waals surface area contributed by atoms with Gasteiger partial charge in [0.05, 0.1) is 18.5 Å². The Morgan fingerprint density at radius 1 is 1.57 bits per heavy atom. The van der Waals surface area contributed by atoms with Crippen molar-refractivity contribution in [3.63, 3.8) is 0 Å². The van der Waals surface area contributed by atoms with Crippen molar-refractivity contribution in [1.82, 2.24) is 4.98 Å². The predicted octanol–water partition coefficient (Wildman–Crippen LogP) is 1.83. The van der Waals surface area contributed by atoms with E-state index in [0.29, 0.717) is 24.6 Å². The molecular weight excluding hydrogens is 180 g/mol. The standard InChI is InChI=1S/C10H14N2O2/c1-2-3-6-14-10-5-4-9(7-11-10)12-8-13/h4-5,7-8H,2-3,6H2,1H3,(H,12,13). The third-order valence-electron chi connectivity index (χ3n) is 1.71. The van der Waals surface area contributed by atoms with Gasteiger partial charge in [-0.05, 0) is 12.5 Å². The van der Waals surface area contributed by atoms with E-state index in [9.17, 15) is 4.79 Å². The van der Waals surface area contributed by atoms with Gasteiger partial charge in [-0.3, -0.25) is 4.79 Å². The van der Waals surface area contributed by atoms with Crippen LogP contribution < -0.4 is 10.1 Å². The second kappa shape index (κ2) is 5.96. The molecule has 1 aromatic heterocycles. The number of carbonyl (C=O) groups excluding carboxylic acids is 1. The molecule has 1 amide bonds. The summed E-state index contributed by atoms with van der Waals surface area (Å²) in [6.07, 6.45) is 4.31. The normalized spacial score (nSPS) is 9.50. The van der Waals surface area contributed by atoms with Crippen molar-refractivity contribution >= 4 is 12.1 Å². The van der Waals surface area contributed by atoms with Gasteiger partial charge in [0.1, 0.15) is 0 Å². The Morgan fingerprint density at radius 2 is 2.43 bits per heavy atom. The molecule has 1 aromatic rings. The van der Waals surface area contributed by atoms with Crippen LogP contribution in [0, 0.1) is 0 Å². The molecular formula is C10H14N2O2. The Hall–Kier alpha value is -1.58. The summed E-state index contributed by atoms with van der Waals surface area (Å²) in [6, 6.07) is 3.49. The lowest BCUT2D eigenvalue weighted by Gasteiger charge is -2.04. The zero-order valence-corrected chi connectivity index (χ0v) is 8.19. The summed E-state index contributed by atoms with van der Waals surface area (Å²) in [5, 5.41) is 2.50. The second-order valence-corrected chi connectivity index (χ2v) is 2.85. The Kier molecular flexibility index (Phi) is 4.47. The molecule has 0 saturated carbocycles. The number of anilines is 1. The number of ether oxygens (including phenoxy) is 1. The van der Waals surface area contributed by atoms with Gasteiger partial charge in [-0.1, -0.05) is 13.3 Å². The molecule has 4 heteroatoms. The molecule has 0 fully saturated rings. The van der Waals surface area contributed by atoms with Crippen molar-refractivity contribution in [2.24, 2.45) is 0 Å². The van der Waals surface area contributed by atoms with E-state index >= 15 is 0 Å². The van der Waals surface area contributed by atoms with Gasteiger partial charge in [-0.25, -0.2) is 4.98 Å². The fourth-order valence-electron chi connectivity index (χ4n) is 0.940. The first kappa shape index (κ1) is 10.5. The van der Waals surface area contributed by atoms with Crippen LogP contribution in [-0.4, -0.2) is 18.0 Å². The molecule has 0 aliphatic rings. The van der Waals surface area contributed by atoms with Crippen LogP contribution in [0.1, 0.15) is 19.8 Å². The van der Waals surface area contributed by atoms with E-state index in [2.05, 4.69) is 17.2 Å². The van der Waals surface area contributed by atoms with Gasteiger partial charge in [0, 0.05) is 6.07 Å². The second-order valence-electron chi connectivity index (χ2n) is 2.85. The fourth-order valence-corrected chi connectivity index (χ4v) is 0.940.